The number of methoxy groups -OCH3 is 1. The van der Waals surface area contributed by atoms with E-state index in [4.69, 9.17) is 10.5 Å². The third kappa shape index (κ3) is 7.00. The van der Waals surface area contributed by atoms with Crippen LogP contribution in [0.15, 0.2) is 66.7 Å². The number of hydrogen-bond acceptors (Lipinski definition) is 6. The summed E-state index contributed by atoms with van der Waals surface area (Å²) < 4.78 is 5.24. The minimum Gasteiger partial charge on any atom is -0.495 e. The van der Waals surface area contributed by atoms with Crippen LogP contribution in [0.2, 0.25) is 0 Å². The number of carbonyl (C=O) groups excluding carboxylic acids is 2. The maximum absolute atomic E-state index is 11.9. The first kappa shape index (κ1) is 25.3. The predicted molar refractivity (Wildman–Crippen MR) is 136 cm³/mol. The van der Waals surface area contributed by atoms with Crippen LogP contribution < -0.4 is 21.1 Å². The molecule has 0 spiro atoms. The van der Waals surface area contributed by atoms with Crippen molar-refractivity contribution in [3.8, 4) is 5.75 Å². The summed E-state index contributed by atoms with van der Waals surface area (Å²) in [7, 11) is 3.47. The van der Waals surface area contributed by atoms with E-state index in [-0.39, 0.29) is 5.91 Å². The minimum absolute atomic E-state index is 0.0997. The van der Waals surface area contributed by atoms with E-state index in [0.29, 0.717) is 22.7 Å². The Hall–Kier alpha value is -4.00. The van der Waals surface area contributed by atoms with E-state index in [2.05, 4.69) is 10.6 Å². The number of benzene rings is 3. The van der Waals surface area contributed by atoms with Gasteiger partial charge in [-0.05, 0) is 68.4 Å². The van der Waals surface area contributed by atoms with Gasteiger partial charge in [0.1, 0.15) is 12.0 Å². The van der Waals surface area contributed by atoms with Crippen LogP contribution >= 0.6 is 0 Å². The molecule has 0 aliphatic rings. The van der Waals surface area contributed by atoms with E-state index in [1.807, 2.05) is 74.3 Å². The molecule has 0 aliphatic heterocycles. The summed E-state index contributed by atoms with van der Waals surface area (Å²) in [6.45, 7) is 5.49. The average Bonchev–Trinajstić information content (AvgIpc) is 2.86. The third-order valence-electron chi connectivity index (χ3n) is 5.06. The summed E-state index contributed by atoms with van der Waals surface area (Å²) in [4.78, 5) is 24.5. The molecule has 7 nitrogen and oxygen atoms in total. The number of aldehydes is 1. The fourth-order valence-corrected chi connectivity index (χ4v) is 3.12. The van der Waals surface area contributed by atoms with Gasteiger partial charge in [-0.15, -0.1) is 0 Å². The molecule has 4 N–H and O–H groups in total. The Labute approximate surface area is 195 Å². The molecule has 3 aromatic carbocycles. The number of nitrogens with one attached hydrogen (secondary N) is 2. The lowest BCUT2D eigenvalue weighted by Crippen LogP contribution is -2.30. The minimum atomic E-state index is 0.0997. The zero-order chi connectivity index (χ0) is 24.2. The SMILES string of the molecule is CCN(CC)C(=O)c1ccc(NC)cc1.COc1ccccc1Nc1cc(C=O)ccc1N. The van der Waals surface area contributed by atoms with Crippen molar-refractivity contribution in [2.75, 3.05) is 43.6 Å². The molecule has 0 saturated heterocycles. The first-order valence-electron chi connectivity index (χ1n) is 10.8. The number of ether oxygens (including phenoxy) is 1. The number of carbonyl (C=O) groups is 2. The Balaban J connectivity index is 0.000000238. The van der Waals surface area contributed by atoms with Crippen LogP contribution in [-0.4, -0.2) is 44.3 Å². The van der Waals surface area contributed by atoms with Crippen LogP contribution in [0.3, 0.4) is 0 Å². The molecule has 7 heteroatoms. The molecule has 0 radical (unpaired) electrons. The molecule has 0 atom stereocenters. The van der Waals surface area contributed by atoms with Gasteiger partial charge in [0.2, 0.25) is 0 Å². The van der Waals surface area contributed by atoms with Gasteiger partial charge in [-0.1, -0.05) is 12.1 Å². The quantitative estimate of drug-likeness (QED) is 0.330. The standard InChI is InChI=1S/C14H14N2O2.C12H18N2O/c1-18-14-5-3-2-4-12(14)16-13-8-10(9-17)6-7-11(13)15;1-4-14(5-2)12(15)10-6-8-11(13-3)9-7-10/h2-9,16H,15H2,1H3;6-9,13H,4-5H2,1-3H3. The Morgan fingerprint density at radius 1 is 1.00 bits per heavy atom. The fraction of sp³-hybridized carbons (Fsp3) is 0.231. The number of nitrogens with zero attached hydrogens (tertiary/aromatic N) is 1. The molecule has 0 aliphatic carbocycles. The van der Waals surface area contributed by atoms with Gasteiger partial charge >= 0.3 is 0 Å². The third-order valence-corrected chi connectivity index (χ3v) is 5.06. The van der Waals surface area contributed by atoms with Gasteiger partial charge < -0.3 is 26.0 Å². The Bertz CT molecular complexity index is 1050. The predicted octanol–water partition coefficient (Wildman–Crippen LogP) is 5.04. The molecule has 3 aromatic rings. The van der Waals surface area contributed by atoms with Crippen LogP contribution in [0, 0.1) is 0 Å². The highest BCUT2D eigenvalue weighted by Crippen LogP contribution is 2.30. The van der Waals surface area contributed by atoms with Crippen molar-refractivity contribution in [2.24, 2.45) is 0 Å². The first-order valence-corrected chi connectivity index (χ1v) is 10.8. The molecule has 174 valence electrons. The van der Waals surface area contributed by atoms with Crippen molar-refractivity contribution in [3.05, 3.63) is 77.9 Å². The topological polar surface area (TPSA) is 96.7 Å². The van der Waals surface area contributed by atoms with Crippen LogP contribution in [-0.2, 0) is 0 Å². The second-order valence-corrected chi connectivity index (χ2v) is 7.09. The number of hydrogen-bond donors (Lipinski definition) is 3. The summed E-state index contributed by atoms with van der Waals surface area (Å²) in [5, 5.41) is 6.18. The largest absolute Gasteiger partial charge is 0.495 e. The highest BCUT2D eigenvalue weighted by Gasteiger charge is 2.11. The normalized spacial score (nSPS) is 9.82. The Morgan fingerprint density at radius 3 is 2.24 bits per heavy atom. The molecule has 0 bridgehead atoms. The Kier molecular flexibility index (Phi) is 9.77. The zero-order valence-corrected chi connectivity index (χ0v) is 19.6. The number of para-hydroxylation sites is 2. The van der Waals surface area contributed by atoms with E-state index in [9.17, 15) is 9.59 Å². The maximum Gasteiger partial charge on any atom is 0.253 e. The number of amides is 1. The van der Waals surface area contributed by atoms with Crippen LogP contribution in [0.4, 0.5) is 22.7 Å². The smallest absolute Gasteiger partial charge is 0.253 e. The molecule has 0 fully saturated rings. The van der Waals surface area contributed by atoms with Crippen molar-refractivity contribution in [1.29, 1.82) is 0 Å². The zero-order valence-electron chi connectivity index (χ0n) is 19.6. The molecule has 3 rings (SSSR count). The van der Waals surface area contributed by atoms with Gasteiger partial charge in [0.05, 0.1) is 24.2 Å². The summed E-state index contributed by atoms with van der Waals surface area (Å²) in [5.41, 5.74) is 10.3. The van der Waals surface area contributed by atoms with Gasteiger partial charge in [-0.3, -0.25) is 9.59 Å². The van der Waals surface area contributed by atoms with Crippen molar-refractivity contribution in [1.82, 2.24) is 4.90 Å². The first-order chi connectivity index (χ1) is 16.0. The summed E-state index contributed by atoms with van der Waals surface area (Å²) in [6.07, 6.45) is 0.785. The van der Waals surface area contributed by atoms with Crippen molar-refractivity contribution in [2.45, 2.75) is 13.8 Å². The van der Waals surface area contributed by atoms with E-state index in [1.165, 1.54) is 0 Å². The molecule has 0 aromatic heterocycles. The molecule has 0 unspecified atom stereocenters. The molecule has 0 heterocycles. The second kappa shape index (κ2) is 12.8. The molecular weight excluding hydrogens is 416 g/mol. The lowest BCUT2D eigenvalue weighted by molar-refractivity contribution is 0.0773. The van der Waals surface area contributed by atoms with Gasteiger partial charge in [0, 0.05) is 37.0 Å². The number of rotatable bonds is 8. The molecule has 33 heavy (non-hydrogen) atoms. The number of nitrogen functional groups attached to an aromatic ring is 1. The van der Waals surface area contributed by atoms with Crippen molar-refractivity contribution >= 4 is 34.9 Å². The lowest BCUT2D eigenvalue weighted by Gasteiger charge is -2.18. The summed E-state index contributed by atoms with van der Waals surface area (Å²) >= 11 is 0. The average molecular weight is 449 g/mol. The van der Waals surface area contributed by atoms with Crippen LogP contribution in [0.25, 0.3) is 0 Å². The van der Waals surface area contributed by atoms with Crippen molar-refractivity contribution in [3.63, 3.8) is 0 Å². The van der Waals surface area contributed by atoms with Crippen molar-refractivity contribution < 1.29 is 14.3 Å². The molecule has 1 amide bonds. The van der Waals surface area contributed by atoms with E-state index >= 15 is 0 Å². The van der Waals surface area contributed by atoms with Gasteiger partial charge in [0.25, 0.3) is 5.91 Å². The number of anilines is 4. The van der Waals surface area contributed by atoms with Gasteiger partial charge in [-0.25, -0.2) is 0 Å². The van der Waals surface area contributed by atoms with E-state index in [0.717, 1.165) is 36.3 Å². The lowest BCUT2D eigenvalue weighted by atomic mass is 10.2. The highest BCUT2D eigenvalue weighted by atomic mass is 16.5. The fourth-order valence-electron chi connectivity index (χ4n) is 3.12. The summed E-state index contributed by atoms with van der Waals surface area (Å²) in [5.74, 6) is 0.816. The Morgan fingerprint density at radius 2 is 1.67 bits per heavy atom. The van der Waals surface area contributed by atoms with Crippen LogP contribution in [0.5, 0.6) is 5.75 Å². The number of nitrogens with two attached hydrogens (primary N) is 1. The van der Waals surface area contributed by atoms with Gasteiger partial charge in [-0.2, -0.15) is 0 Å². The second-order valence-electron chi connectivity index (χ2n) is 7.09. The highest BCUT2D eigenvalue weighted by molar-refractivity contribution is 5.94. The van der Waals surface area contributed by atoms with Gasteiger partial charge in [0.15, 0.2) is 0 Å². The summed E-state index contributed by atoms with van der Waals surface area (Å²) in [6, 6.07) is 20.1. The monoisotopic (exact) mass is 448 g/mol. The van der Waals surface area contributed by atoms with E-state index < -0.39 is 0 Å². The molecular formula is C26H32N4O3. The van der Waals surface area contributed by atoms with E-state index in [1.54, 1.807) is 25.3 Å². The van der Waals surface area contributed by atoms with Crippen LogP contribution in [0.1, 0.15) is 34.6 Å². The molecule has 0 saturated carbocycles. The maximum atomic E-state index is 11.9.